The van der Waals surface area contributed by atoms with Crippen LogP contribution in [0.5, 0.6) is 0 Å². The first-order valence-corrected chi connectivity index (χ1v) is 9.56. The number of pyridine rings is 1. The first-order chi connectivity index (χ1) is 13.1. The van der Waals surface area contributed by atoms with Gasteiger partial charge < -0.3 is 14.3 Å². The van der Waals surface area contributed by atoms with Gasteiger partial charge in [0.15, 0.2) is 5.43 Å². The summed E-state index contributed by atoms with van der Waals surface area (Å²) < 4.78 is 6.99. The second kappa shape index (κ2) is 7.57. The summed E-state index contributed by atoms with van der Waals surface area (Å²) in [5.74, 6) is 0.588. The van der Waals surface area contributed by atoms with Crippen molar-refractivity contribution >= 4 is 11.6 Å². The number of hydrogen-bond acceptors (Lipinski definition) is 3. The Balaban J connectivity index is 2.13. The van der Waals surface area contributed by atoms with E-state index in [2.05, 4.69) is 36.8 Å². The topological polar surface area (TPSA) is 59.9 Å². The Morgan fingerprint density at radius 3 is 2.54 bits per heavy atom. The molecule has 0 aliphatic rings. The van der Waals surface area contributed by atoms with E-state index in [0.29, 0.717) is 23.1 Å². The molecule has 148 valence electrons. The summed E-state index contributed by atoms with van der Waals surface area (Å²) in [7, 11) is 1.61. The highest BCUT2D eigenvalue weighted by Gasteiger charge is 2.20. The summed E-state index contributed by atoms with van der Waals surface area (Å²) in [6.45, 7) is 10.7. The second-order valence-corrected chi connectivity index (χ2v) is 8.49. The lowest BCUT2D eigenvalue weighted by Gasteiger charge is -2.22. The molecule has 0 saturated carbocycles. The molecule has 2 heterocycles. The van der Waals surface area contributed by atoms with Crippen LogP contribution in [0.15, 0.2) is 35.4 Å². The molecule has 0 atom stereocenters. The molecular weight excluding hydrogens is 374 g/mol. The number of hydrogen-bond donors (Lipinski definition) is 1. The van der Waals surface area contributed by atoms with Gasteiger partial charge >= 0.3 is 0 Å². The van der Waals surface area contributed by atoms with E-state index in [1.165, 1.54) is 0 Å². The monoisotopic (exact) mass is 399 g/mol. The fourth-order valence-electron chi connectivity index (χ4n) is 3.44. The highest BCUT2D eigenvalue weighted by molar-refractivity contribution is 6.31. The third-order valence-electron chi connectivity index (χ3n) is 4.84. The maximum Gasteiger partial charge on any atom is 0.193 e. The Bertz CT molecular complexity index is 1070. The summed E-state index contributed by atoms with van der Waals surface area (Å²) >= 11 is 6.56. The molecule has 3 rings (SSSR count). The molecular formula is C22H26ClN3O2. The molecule has 0 spiro atoms. The largest absolute Gasteiger partial charge is 0.364 e. The first-order valence-electron chi connectivity index (χ1n) is 9.19. The predicted octanol–water partition coefficient (Wildman–Crippen LogP) is 5.08. The molecule has 0 bridgehead atoms. The molecule has 1 aromatic carbocycles. The third kappa shape index (κ3) is 3.77. The molecule has 0 radical (unpaired) electrons. The molecule has 0 aliphatic heterocycles. The van der Waals surface area contributed by atoms with Crippen LogP contribution in [0.3, 0.4) is 0 Å². The van der Waals surface area contributed by atoms with Gasteiger partial charge in [0.25, 0.3) is 0 Å². The maximum absolute atomic E-state index is 13.0. The number of nitrogens with zero attached hydrogens (tertiary/aromatic N) is 2. The second-order valence-electron chi connectivity index (χ2n) is 8.08. The molecule has 0 aliphatic carbocycles. The molecule has 3 aromatic rings. The van der Waals surface area contributed by atoms with Crippen LogP contribution in [0.2, 0.25) is 5.02 Å². The Morgan fingerprint density at radius 2 is 1.93 bits per heavy atom. The van der Waals surface area contributed by atoms with Crippen LogP contribution in [0, 0.1) is 13.8 Å². The van der Waals surface area contributed by atoms with Crippen LogP contribution < -0.4 is 5.43 Å². The lowest BCUT2D eigenvalue weighted by atomic mass is 9.85. The van der Waals surface area contributed by atoms with E-state index in [0.717, 1.165) is 28.1 Å². The number of aromatic amines is 1. The van der Waals surface area contributed by atoms with E-state index in [1.54, 1.807) is 30.1 Å². The minimum absolute atomic E-state index is 0.0496. The number of H-pyrrole nitrogens is 1. The minimum atomic E-state index is -0.0924. The van der Waals surface area contributed by atoms with E-state index < -0.39 is 0 Å². The molecule has 6 heteroatoms. The van der Waals surface area contributed by atoms with Gasteiger partial charge in [-0.15, -0.1) is 0 Å². The van der Waals surface area contributed by atoms with Crippen molar-refractivity contribution in [3.05, 3.63) is 62.7 Å². The molecule has 0 unspecified atom stereocenters. The van der Waals surface area contributed by atoms with Crippen molar-refractivity contribution < 1.29 is 4.74 Å². The van der Waals surface area contributed by atoms with Crippen LogP contribution in [-0.4, -0.2) is 21.6 Å². The zero-order valence-corrected chi connectivity index (χ0v) is 17.9. The highest BCUT2D eigenvalue weighted by Crippen LogP contribution is 2.35. The van der Waals surface area contributed by atoms with Gasteiger partial charge in [-0.1, -0.05) is 38.4 Å². The normalized spacial score (nSPS) is 11.8. The summed E-state index contributed by atoms with van der Waals surface area (Å²) in [6.07, 6.45) is 3.46. The van der Waals surface area contributed by atoms with E-state index in [9.17, 15) is 4.79 Å². The van der Waals surface area contributed by atoms with Gasteiger partial charge in [-0.3, -0.25) is 4.79 Å². The van der Waals surface area contributed by atoms with E-state index in [4.69, 9.17) is 16.3 Å². The molecule has 2 aromatic heterocycles. The van der Waals surface area contributed by atoms with Crippen LogP contribution in [-0.2, 0) is 16.9 Å². The van der Waals surface area contributed by atoms with Gasteiger partial charge in [0.2, 0.25) is 0 Å². The molecule has 5 nitrogen and oxygen atoms in total. The number of nitrogens with one attached hydrogen (secondary N) is 1. The Labute approximate surface area is 170 Å². The van der Waals surface area contributed by atoms with Crippen LogP contribution in [0.1, 0.15) is 37.6 Å². The zero-order valence-electron chi connectivity index (χ0n) is 17.2. The smallest absolute Gasteiger partial charge is 0.193 e. The number of methoxy groups -OCH3 is 1. The number of benzene rings is 1. The minimum Gasteiger partial charge on any atom is -0.364 e. The predicted molar refractivity (Wildman–Crippen MR) is 114 cm³/mol. The van der Waals surface area contributed by atoms with Crippen LogP contribution >= 0.6 is 11.6 Å². The standard InChI is InChI=1S/C22H26ClN3O2/c1-13-9-16(22(3,4)5)17(23)10-15(13)18-11-19(27)20(14(2)25-18)21-24-7-8-26(21)12-28-6/h7-11H,12H2,1-6H3,(H,25,27). The maximum atomic E-state index is 13.0. The fourth-order valence-corrected chi connectivity index (χ4v) is 3.89. The lowest BCUT2D eigenvalue weighted by Crippen LogP contribution is -2.14. The van der Waals surface area contributed by atoms with Gasteiger partial charge in [0, 0.05) is 47.5 Å². The Hall–Kier alpha value is -2.37. The highest BCUT2D eigenvalue weighted by atomic mass is 35.5. The molecule has 0 saturated heterocycles. The summed E-state index contributed by atoms with van der Waals surface area (Å²) in [6, 6.07) is 5.65. The van der Waals surface area contributed by atoms with Gasteiger partial charge in [-0.2, -0.15) is 0 Å². The van der Waals surface area contributed by atoms with Crippen LogP contribution in [0.25, 0.3) is 22.6 Å². The lowest BCUT2D eigenvalue weighted by molar-refractivity contribution is 0.132. The number of ether oxygens (including phenoxy) is 1. The number of halogens is 1. The summed E-state index contributed by atoms with van der Waals surface area (Å²) in [5, 5.41) is 0.700. The van der Waals surface area contributed by atoms with Crippen molar-refractivity contribution in [3.8, 4) is 22.6 Å². The third-order valence-corrected chi connectivity index (χ3v) is 5.15. The summed E-state index contributed by atoms with van der Waals surface area (Å²) in [5.41, 5.74) is 4.98. The molecule has 28 heavy (non-hydrogen) atoms. The number of imidazole rings is 1. The number of aryl methyl sites for hydroxylation is 2. The Morgan fingerprint density at radius 1 is 1.21 bits per heavy atom. The fraction of sp³-hybridized carbons (Fsp3) is 0.364. The first kappa shape index (κ1) is 20.4. The van der Waals surface area contributed by atoms with Crippen molar-refractivity contribution in [2.24, 2.45) is 0 Å². The number of rotatable bonds is 4. The van der Waals surface area contributed by atoms with Crippen molar-refractivity contribution in [2.45, 2.75) is 46.8 Å². The van der Waals surface area contributed by atoms with Gasteiger partial charge in [-0.05, 0) is 36.5 Å². The SMILES string of the molecule is COCn1ccnc1-c1c(C)[nH]c(-c2cc(Cl)c(C(C)(C)C)cc2C)cc1=O. The van der Waals surface area contributed by atoms with E-state index >= 15 is 0 Å². The Kier molecular flexibility index (Phi) is 5.50. The van der Waals surface area contributed by atoms with E-state index in [1.807, 2.05) is 19.9 Å². The van der Waals surface area contributed by atoms with E-state index in [-0.39, 0.29) is 10.8 Å². The van der Waals surface area contributed by atoms with Gasteiger partial charge in [-0.25, -0.2) is 4.98 Å². The molecule has 0 fully saturated rings. The van der Waals surface area contributed by atoms with Gasteiger partial charge in [0.1, 0.15) is 12.6 Å². The summed E-state index contributed by atoms with van der Waals surface area (Å²) in [4.78, 5) is 20.7. The molecule has 0 amide bonds. The zero-order chi connectivity index (χ0) is 20.6. The van der Waals surface area contributed by atoms with Crippen LogP contribution in [0.4, 0.5) is 0 Å². The average molecular weight is 400 g/mol. The molecule has 1 N–H and O–H groups in total. The average Bonchev–Trinajstić information content (AvgIpc) is 3.03. The van der Waals surface area contributed by atoms with Crippen molar-refractivity contribution in [3.63, 3.8) is 0 Å². The quantitative estimate of drug-likeness (QED) is 0.665. The van der Waals surface area contributed by atoms with Gasteiger partial charge in [0.05, 0.1) is 5.56 Å². The number of aromatic nitrogens is 3. The van der Waals surface area contributed by atoms with Crippen molar-refractivity contribution in [1.82, 2.24) is 14.5 Å². The van der Waals surface area contributed by atoms with Crippen molar-refractivity contribution in [1.29, 1.82) is 0 Å². The van der Waals surface area contributed by atoms with Crippen molar-refractivity contribution in [2.75, 3.05) is 7.11 Å².